The van der Waals surface area contributed by atoms with Crippen LogP contribution in [0.4, 0.5) is 11.4 Å². The summed E-state index contributed by atoms with van der Waals surface area (Å²) >= 11 is 1.72. The molecule has 0 fully saturated rings. The van der Waals surface area contributed by atoms with E-state index < -0.39 is 14.8 Å². The van der Waals surface area contributed by atoms with Crippen LogP contribution in [0.25, 0.3) is 0 Å². The van der Waals surface area contributed by atoms with Gasteiger partial charge < -0.3 is 4.90 Å². The van der Waals surface area contributed by atoms with Crippen LogP contribution in [-0.2, 0) is 16.3 Å². The number of fused-ring (bicyclic) bond motifs is 1. The number of benzene rings is 1. The van der Waals surface area contributed by atoms with Crippen LogP contribution in [-0.4, -0.2) is 26.1 Å². The molecule has 2 heterocycles. The summed E-state index contributed by atoms with van der Waals surface area (Å²) in [7, 11) is -3.49. The van der Waals surface area contributed by atoms with Gasteiger partial charge in [0.15, 0.2) is 9.84 Å². The van der Waals surface area contributed by atoms with Crippen molar-refractivity contribution in [3.05, 3.63) is 50.2 Å². The summed E-state index contributed by atoms with van der Waals surface area (Å²) in [6.45, 7) is 2.74. The quantitative estimate of drug-likeness (QED) is 0.610. The predicted octanol–water partition coefficient (Wildman–Crippen LogP) is 3.57. The minimum absolute atomic E-state index is 0.0285. The van der Waals surface area contributed by atoms with Gasteiger partial charge in [0, 0.05) is 23.7 Å². The van der Waals surface area contributed by atoms with E-state index in [-0.39, 0.29) is 16.6 Å². The van der Waals surface area contributed by atoms with Gasteiger partial charge >= 0.3 is 0 Å². The lowest BCUT2D eigenvalue weighted by Gasteiger charge is -2.37. The van der Waals surface area contributed by atoms with Gasteiger partial charge in [-0.05, 0) is 42.0 Å². The maximum absolute atomic E-state index is 11.7. The maximum atomic E-state index is 11.7. The molecule has 1 aliphatic heterocycles. The second kappa shape index (κ2) is 6.18. The number of sulfone groups is 1. The first kappa shape index (κ1) is 16.9. The molecule has 128 valence electrons. The molecule has 0 aliphatic carbocycles. The summed E-state index contributed by atoms with van der Waals surface area (Å²) in [5, 5.41) is 13.6. The van der Waals surface area contributed by atoms with Gasteiger partial charge in [-0.2, -0.15) is 0 Å². The van der Waals surface area contributed by atoms with Crippen LogP contribution in [0.5, 0.6) is 0 Å². The van der Waals surface area contributed by atoms with Gasteiger partial charge in [-0.15, -0.1) is 11.3 Å². The highest BCUT2D eigenvalue weighted by atomic mass is 32.2. The van der Waals surface area contributed by atoms with Crippen molar-refractivity contribution < 1.29 is 13.3 Å². The molecule has 0 radical (unpaired) electrons. The zero-order chi connectivity index (χ0) is 17.5. The van der Waals surface area contributed by atoms with Crippen LogP contribution >= 0.6 is 11.3 Å². The fraction of sp³-hybridized carbons (Fsp3) is 0.375. The lowest BCUT2D eigenvalue weighted by molar-refractivity contribution is -0.384. The topological polar surface area (TPSA) is 80.5 Å². The Hall–Kier alpha value is -1.93. The number of hydrogen-bond acceptors (Lipinski definition) is 6. The van der Waals surface area contributed by atoms with E-state index in [0.717, 1.165) is 19.1 Å². The van der Waals surface area contributed by atoms with Crippen LogP contribution < -0.4 is 4.90 Å². The van der Waals surface area contributed by atoms with Gasteiger partial charge in [0.25, 0.3) is 5.69 Å². The third-order valence-corrected chi connectivity index (χ3v) is 6.47. The minimum Gasteiger partial charge on any atom is -0.359 e. The molecule has 0 spiro atoms. The lowest BCUT2D eigenvalue weighted by Crippen LogP contribution is -2.34. The summed E-state index contributed by atoms with van der Waals surface area (Å²) in [5.41, 5.74) is 1.54. The summed E-state index contributed by atoms with van der Waals surface area (Å²) < 4.78 is 23.4. The van der Waals surface area contributed by atoms with Crippen molar-refractivity contribution in [2.75, 3.05) is 17.7 Å². The van der Waals surface area contributed by atoms with Crippen molar-refractivity contribution in [2.45, 2.75) is 30.7 Å². The Balaban J connectivity index is 2.10. The largest absolute Gasteiger partial charge is 0.359 e. The highest BCUT2D eigenvalue weighted by Gasteiger charge is 2.31. The number of nitrogens with zero attached hydrogens (tertiary/aromatic N) is 2. The van der Waals surface area contributed by atoms with E-state index in [4.69, 9.17) is 0 Å². The van der Waals surface area contributed by atoms with Gasteiger partial charge in [-0.25, -0.2) is 8.42 Å². The molecule has 2 aromatic rings. The zero-order valence-electron chi connectivity index (χ0n) is 13.4. The lowest BCUT2D eigenvalue weighted by atomic mass is 9.97. The fourth-order valence-corrected chi connectivity index (χ4v) is 4.82. The van der Waals surface area contributed by atoms with Gasteiger partial charge in [-0.3, -0.25) is 10.1 Å². The van der Waals surface area contributed by atoms with E-state index in [9.17, 15) is 18.5 Å². The molecule has 0 bridgehead atoms. The molecule has 0 amide bonds. The molecule has 24 heavy (non-hydrogen) atoms. The zero-order valence-corrected chi connectivity index (χ0v) is 15.1. The summed E-state index contributed by atoms with van der Waals surface area (Å²) in [6, 6.07) is 6.34. The first-order valence-electron chi connectivity index (χ1n) is 7.64. The minimum atomic E-state index is -3.49. The average Bonchev–Trinajstić information content (AvgIpc) is 3.01. The number of thiophene rings is 1. The number of rotatable bonds is 4. The number of nitro benzene ring substituents is 1. The van der Waals surface area contributed by atoms with Crippen molar-refractivity contribution in [1.82, 2.24) is 0 Å². The van der Waals surface area contributed by atoms with Crippen molar-refractivity contribution in [3.8, 4) is 0 Å². The normalized spacial score (nSPS) is 17.6. The predicted molar refractivity (Wildman–Crippen MR) is 94.6 cm³/mol. The maximum Gasteiger partial charge on any atom is 0.293 e. The van der Waals surface area contributed by atoms with E-state index in [1.807, 2.05) is 4.90 Å². The summed E-state index contributed by atoms with van der Waals surface area (Å²) in [5.74, 6) is 0. The molecule has 0 N–H and O–H groups in total. The van der Waals surface area contributed by atoms with Crippen LogP contribution in [0, 0.1) is 10.1 Å². The third-order valence-electron chi connectivity index (χ3n) is 4.36. The molecule has 1 aromatic heterocycles. The van der Waals surface area contributed by atoms with E-state index >= 15 is 0 Å². The van der Waals surface area contributed by atoms with Gasteiger partial charge in [0.2, 0.25) is 0 Å². The van der Waals surface area contributed by atoms with E-state index in [1.165, 1.54) is 22.6 Å². The Labute approximate surface area is 144 Å². The smallest absolute Gasteiger partial charge is 0.293 e. The van der Waals surface area contributed by atoms with Gasteiger partial charge in [0.1, 0.15) is 5.69 Å². The standard InChI is InChI=1S/C16H18N2O4S2/c1-3-13-12-7-9-23-16(12)6-8-17(13)14-5-4-11(24(2,21)22)10-15(14)18(19)20/h4-5,7,9-10,13H,3,6,8H2,1-2H3/t13-/m0/s1. The van der Waals surface area contributed by atoms with Gasteiger partial charge in [0.05, 0.1) is 15.9 Å². The monoisotopic (exact) mass is 366 g/mol. The Kier molecular flexibility index (Phi) is 4.35. The second-order valence-corrected chi connectivity index (χ2v) is 8.86. The third kappa shape index (κ3) is 2.91. The molecule has 8 heteroatoms. The Morgan fingerprint density at radius 1 is 1.38 bits per heavy atom. The molecule has 0 saturated carbocycles. The molecule has 0 unspecified atom stereocenters. The summed E-state index contributed by atoms with van der Waals surface area (Å²) in [4.78, 5) is 14.3. The molecular formula is C16H18N2O4S2. The molecule has 0 saturated heterocycles. The molecule has 1 atom stereocenters. The van der Waals surface area contributed by atoms with E-state index in [0.29, 0.717) is 12.2 Å². The first-order chi connectivity index (χ1) is 11.3. The van der Waals surface area contributed by atoms with E-state index in [1.54, 1.807) is 17.4 Å². The van der Waals surface area contributed by atoms with Gasteiger partial charge in [-0.1, -0.05) is 6.92 Å². The second-order valence-electron chi connectivity index (χ2n) is 5.85. The van der Waals surface area contributed by atoms with Crippen molar-refractivity contribution in [2.24, 2.45) is 0 Å². The van der Waals surface area contributed by atoms with Crippen LogP contribution in [0.1, 0.15) is 29.8 Å². The molecular weight excluding hydrogens is 348 g/mol. The SMILES string of the molecule is CC[C@H]1c2ccsc2CCN1c1ccc(S(C)(=O)=O)cc1[N+](=O)[O-]. The Morgan fingerprint density at radius 3 is 2.75 bits per heavy atom. The van der Waals surface area contributed by atoms with E-state index in [2.05, 4.69) is 18.4 Å². The Morgan fingerprint density at radius 2 is 2.12 bits per heavy atom. The molecule has 6 nitrogen and oxygen atoms in total. The Bertz CT molecular complexity index is 889. The highest BCUT2D eigenvalue weighted by Crippen LogP contribution is 2.41. The fourth-order valence-electron chi connectivity index (χ4n) is 3.25. The van der Waals surface area contributed by atoms with Crippen LogP contribution in [0.15, 0.2) is 34.5 Å². The summed E-state index contributed by atoms with van der Waals surface area (Å²) in [6.07, 6.45) is 2.72. The van der Waals surface area contributed by atoms with Crippen LogP contribution in [0.2, 0.25) is 0 Å². The number of anilines is 1. The average molecular weight is 366 g/mol. The first-order valence-corrected chi connectivity index (χ1v) is 10.4. The van der Waals surface area contributed by atoms with Crippen molar-refractivity contribution in [3.63, 3.8) is 0 Å². The number of hydrogen-bond donors (Lipinski definition) is 0. The molecule has 1 aliphatic rings. The molecule has 3 rings (SSSR count). The number of nitro groups is 1. The highest BCUT2D eigenvalue weighted by molar-refractivity contribution is 7.90. The molecule has 1 aromatic carbocycles. The van der Waals surface area contributed by atoms with Crippen LogP contribution in [0.3, 0.4) is 0 Å². The van der Waals surface area contributed by atoms with Crippen molar-refractivity contribution >= 4 is 32.5 Å². The van der Waals surface area contributed by atoms with Crippen molar-refractivity contribution in [1.29, 1.82) is 0 Å².